The van der Waals surface area contributed by atoms with Gasteiger partial charge >= 0.3 is 7.82 Å². The molecule has 3 heterocycles. The molecule has 0 aliphatic carbocycles. The molecule has 0 amide bonds. The molecule has 27 heavy (non-hydrogen) atoms. The third-order valence-electron chi connectivity index (χ3n) is 3.63. The second-order valence-corrected chi connectivity index (χ2v) is 6.88. The largest absolute Gasteiger partial charge is 0.469 e. The number of nitrogens with zero attached hydrogens (tertiary/aromatic N) is 4. The van der Waals surface area contributed by atoms with Crippen LogP contribution in [0.2, 0.25) is 0 Å². The van der Waals surface area contributed by atoms with E-state index in [1.165, 1.54) is 17.2 Å². The zero-order chi connectivity index (χ0) is 20.2. The van der Waals surface area contributed by atoms with Gasteiger partial charge in [0.1, 0.15) is 30.2 Å². The highest BCUT2D eigenvalue weighted by Crippen LogP contribution is 2.38. The Kier molecular flexibility index (Phi) is 7.19. The number of nitrogen functional groups attached to an aromatic ring is 1. The molecular weight excluding hydrogens is 385 g/mol. The van der Waals surface area contributed by atoms with Crippen molar-refractivity contribution in [3.8, 4) is 0 Å². The van der Waals surface area contributed by atoms with E-state index in [1.807, 2.05) is 6.92 Å². The number of aromatic nitrogens is 4. The van der Waals surface area contributed by atoms with Gasteiger partial charge in [-0.2, -0.15) is 0 Å². The van der Waals surface area contributed by atoms with Crippen molar-refractivity contribution in [1.82, 2.24) is 19.5 Å². The Labute approximate surface area is 153 Å². The molecule has 3 rings (SSSR count). The number of aliphatic hydroxyl groups excluding tert-OH is 3. The maximum absolute atomic E-state index is 10.7. The zero-order valence-corrected chi connectivity index (χ0v) is 15.3. The summed E-state index contributed by atoms with van der Waals surface area (Å²) in [5, 5.41) is 27.9. The number of phosphoric acid groups is 1. The van der Waals surface area contributed by atoms with Crippen molar-refractivity contribution in [2.45, 2.75) is 37.9 Å². The van der Waals surface area contributed by atoms with Gasteiger partial charge in [0, 0.05) is 6.61 Å². The SMILES string of the molecule is CCCO.Nc1ncnc2c1ncn2[C@@H]1O[C@H](COP(=O)(O)O)[C@@H](O)[C@H]1O. The minimum absolute atomic E-state index is 0.142. The van der Waals surface area contributed by atoms with Crippen molar-refractivity contribution in [1.29, 1.82) is 0 Å². The number of hydrogen-bond acceptors (Lipinski definition) is 10. The minimum atomic E-state index is -4.72. The van der Waals surface area contributed by atoms with E-state index in [-0.39, 0.29) is 11.5 Å². The van der Waals surface area contributed by atoms with Crippen LogP contribution in [0, 0.1) is 0 Å². The van der Waals surface area contributed by atoms with Crippen LogP contribution in [0.1, 0.15) is 19.6 Å². The van der Waals surface area contributed by atoms with Crippen LogP contribution in [-0.2, 0) is 13.8 Å². The van der Waals surface area contributed by atoms with Gasteiger partial charge in [-0.15, -0.1) is 0 Å². The number of fused-ring (bicyclic) bond motifs is 1. The van der Waals surface area contributed by atoms with E-state index < -0.39 is 39.0 Å². The van der Waals surface area contributed by atoms with Gasteiger partial charge in [-0.25, -0.2) is 19.5 Å². The first-order valence-corrected chi connectivity index (χ1v) is 9.48. The second-order valence-electron chi connectivity index (χ2n) is 5.64. The smallest absolute Gasteiger partial charge is 0.396 e. The van der Waals surface area contributed by atoms with Crippen LogP contribution >= 0.6 is 7.82 Å². The summed E-state index contributed by atoms with van der Waals surface area (Å²) in [5.74, 6) is 0.142. The highest BCUT2D eigenvalue weighted by Gasteiger charge is 2.45. The molecule has 4 atom stereocenters. The van der Waals surface area contributed by atoms with E-state index in [0.717, 1.165) is 6.42 Å². The van der Waals surface area contributed by atoms with Gasteiger partial charge in [0.2, 0.25) is 0 Å². The first kappa shape index (κ1) is 21.6. The van der Waals surface area contributed by atoms with Crippen molar-refractivity contribution in [3.05, 3.63) is 12.7 Å². The summed E-state index contributed by atoms with van der Waals surface area (Å²) in [6.45, 7) is 1.66. The molecule has 2 aromatic heterocycles. The molecule has 1 fully saturated rings. The van der Waals surface area contributed by atoms with E-state index in [0.29, 0.717) is 12.1 Å². The summed E-state index contributed by atoms with van der Waals surface area (Å²) in [6.07, 6.45) is -1.61. The lowest BCUT2D eigenvalue weighted by molar-refractivity contribution is -0.0504. The molecule has 0 saturated carbocycles. The molecule has 1 aliphatic rings. The third-order valence-corrected chi connectivity index (χ3v) is 4.11. The summed E-state index contributed by atoms with van der Waals surface area (Å²) in [5.41, 5.74) is 6.25. The Bertz CT molecular complexity index is 796. The van der Waals surface area contributed by atoms with Crippen LogP contribution in [0.3, 0.4) is 0 Å². The summed E-state index contributed by atoms with van der Waals surface area (Å²) in [7, 11) is -4.72. The average molecular weight is 407 g/mol. The van der Waals surface area contributed by atoms with Gasteiger partial charge in [-0.1, -0.05) is 6.92 Å². The van der Waals surface area contributed by atoms with Gasteiger partial charge in [0.25, 0.3) is 0 Å². The maximum atomic E-state index is 10.7. The van der Waals surface area contributed by atoms with Gasteiger partial charge < -0.3 is 35.6 Å². The normalized spacial score (nSPS) is 25.4. The summed E-state index contributed by atoms with van der Waals surface area (Å²) in [6, 6.07) is 0. The second kappa shape index (κ2) is 8.99. The van der Waals surface area contributed by atoms with Crippen molar-refractivity contribution >= 4 is 24.8 Å². The van der Waals surface area contributed by atoms with Crippen molar-refractivity contribution in [3.63, 3.8) is 0 Å². The standard InChI is InChI=1S/C10H14N5O7P.C3H8O/c11-8-5-9(13-2-12-8)15(3-14-5)10-7(17)6(16)4(22-10)1-21-23(18,19)20;1-2-3-4/h2-4,6-7,10,16-17H,1H2,(H2,11,12,13)(H2,18,19,20);4H,2-3H2,1H3/t4-,6-,7-,10-;/m1./s1. The molecule has 13 nitrogen and oxygen atoms in total. The fraction of sp³-hybridized carbons (Fsp3) is 0.615. The van der Waals surface area contributed by atoms with E-state index in [4.69, 9.17) is 25.4 Å². The number of phosphoric ester groups is 1. The highest BCUT2D eigenvalue weighted by molar-refractivity contribution is 7.46. The summed E-state index contributed by atoms with van der Waals surface area (Å²) >= 11 is 0. The van der Waals surface area contributed by atoms with E-state index >= 15 is 0 Å². The Hall–Kier alpha value is -1.70. The number of hydrogen-bond donors (Lipinski definition) is 6. The predicted molar refractivity (Wildman–Crippen MR) is 91.0 cm³/mol. The molecular formula is C13H22N5O8P. The first-order chi connectivity index (χ1) is 12.7. The van der Waals surface area contributed by atoms with Crippen LogP contribution in [0.4, 0.5) is 5.82 Å². The number of imidazole rings is 1. The van der Waals surface area contributed by atoms with Crippen LogP contribution in [0.15, 0.2) is 12.7 Å². The number of aliphatic hydroxyl groups is 3. The van der Waals surface area contributed by atoms with Gasteiger partial charge in [-0.3, -0.25) is 9.09 Å². The molecule has 2 aromatic rings. The van der Waals surface area contributed by atoms with Gasteiger partial charge in [-0.05, 0) is 6.42 Å². The van der Waals surface area contributed by atoms with E-state index in [9.17, 15) is 14.8 Å². The van der Waals surface area contributed by atoms with Crippen LogP contribution in [0.25, 0.3) is 11.2 Å². The Morgan fingerprint density at radius 2 is 1.96 bits per heavy atom. The Balaban J connectivity index is 0.000000596. The van der Waals surface area contributed by atoms with Crippen LogP contribution in [-0.4, -0.2) is 76.2 Å². The number of rotatable bonds is 5. The molecule has 0 aromatic carbocycles. The number of ether oxygens (including phenoxy) is 1. The molecule has 152 valence electrons. The van der Waals surface area contributed by atoms with Crippen molar-refractivity contribution < 1.29 is 38.9 Å². The topological polar surface area (TPSA) is 206 Å². The molecule has 0 spiro atoms. The summed E-state index contributed by atoms with van der Waals surface area (Å²) < 4.78 is 21.8. The first-order valence-electron chi connectivity index (χ1n) is 7.95. The highest BCUT2D eigenvalue weighted by atomic mass is 31.2. The minimum Gasteiger partial charge on any atom is -0.396 e. The third kappa shape index (κ3) is 5.18. The average Bonchev–Trinajstić information content (AvgIpc) is 3.16. The van der Waals surface area contributed by atoms with Crippen molar-refractivity contribution in [2.24, 2.45) is 0 Å². The van der Waals surface area contributed by atoms with Gasteiger partial charge in [0.15, 0.2) is 17.7 Å². The number of anilines is 1. The molecule has 7 N–H and O–H groups in total. The fourth-order valence-electron chi connectivity index (χ4n) is 2.32. The van der Waals surface area contributed by atoms with E-state index in [1.54, 1.807) is 0 Å². The molecule has 1 aliphatic heterocycles. The lowest BCUT2D eigenvalue weighted by atomic mass is 10.1. The Morgan fingerprint density at radius 3 is 2.56 bits per heavy atom. The molecule has 0 bridgehead atoms. The van der Waals surface area contributed by atoms with Gasteiger partial charge in [0.05, 0.1) is 12.9 Å². The van der Waals surface area contributed by atoms with Crippen LogP contribution in [0.5, 0.6) is 0 Å². The van der Waals surface area contributed by atoms with Crippen molar-refractivity contribution in [2.75, 3.05) is 18.9 Å². The quantitative estimate of drug-likeness (QED) is 0.314. The molecule has 1 saturated heterocycles. The summed E-state index contributed by atoms with van der Waals surface area (Å²) in [4.78, 5) is 29.2. The monoisotopic (exact) mass is 407 g/mol. The number of nitrogens with two attached hydrogens (primary N) is 1. The lowest BCUT2D eigenvalue weighted by Gasteiger charge is -2.16. The molecule has 0 unspecified atom stereocenters. The lowest BCUT2D eigenvalue weighted by Crippen LogP contribution is -2.33. The maximum Gasteiger partial charge on any atom is 0.469 e. The fourth-order valence-corrected chi connectivity index (χ4v) is 2.66. The molecule has 0 radical (unpaired) electrons. The predicted octanol–water partition coefficient (Wildman–Crippen LogP) is -1.47. The van der Waals surface area contributed by atoms with E-state index in [2.05, 4.69) is 19.5 Å². The zero-order valence-electron chi connectivity index (χ0n) is 14.4. The Morgan fingerprint density at radius 1 is 1.30 bits per heavy atom. The molecule has 14 heteroatoms. The van der Waals surface area contributed by atoms with Crippen LogP contribution < -0.4 is 5.73 Å².